The van der Waals surface area contributed by atoms with Crippen molar-refractivity contribution in [3.8, 4) is 0 Å². The van der Waals surface area contributed by atoms with Gasteiger partial charge in [-0.15, -0.1) is 0 Å². The highest BCUT2D eigenvalue weighted by atomic mass is 19.4. The molecule has 2 N–H and O–H groups in total. The molecular weight excluding hydrogens is 315 g/mol. The molecule has 2 saturated heterocycles. The Kier molecular flexibility index (Phi) is 5.19. The summed E-state index contributed by atoms with van der Waals surface area (Å²) >= 11 is 0. The van der Waals surface area contributed by atoms with Gasteiger partial charge < -0.3 is 15.3 Å². The molecule has 1 amide bonds. The number of aromatic nitrogens is 1. The smallest absolute Gasteiger partial charge is 0.475 e. The number of carbonyl (C=O) groups excluding carboxylic acids is 1. The summed E-state index contributed by atoms with van der Waals surface area (Å²) in [5.41, 5.74) is 1.11. The number of likely N-dealkylation sites (tertiary alicyclic amines) is 1. The van der Waals surface area contributed by atoms with Gasteiger partial charge in [0.25, 0.3) is 0 Å². The largest absolute Gasteiger partial charge is 0.490 e. The lowest BCUT2D eigenvalue weighted by atomic mass is 10.1. The lowest BCUT2D eigenvalue weighted by molar-refractivity contribution is -0.192. The van der Waals surface area contributed by atoms with Gasteiger partial charge in [-0.25, -0.2) is 4.79 Å². The molecule has 1 aromatic rings. The Labute approximate surface area is 130 Å². The number of nitrogens with one attached hydrogen (secondary N) is 1. The maximum atomic E-state index is 11.9. The SMILES string of the molecule is O=C(O)C(F)(F)F.O=C1C[C@H]2NCC[C@@H]2N1Cc1cccnc1. The number of carboxylic acids is 1. The highest BCUT2D eigenvalue weighted by Gasteiger charge is 2.42. The topological polar surface area (TPSA) is 82.5 Å². The Hall–Kier alpha value is -2.16. The molecule has 2 atom stereocenters. The van der Waals surface area contributed by atoms with Crippen molar-refractivity contribution in [3.05, 3.63) is 30.1 Å². The first kappa shape index (κ1) is 17.2. The third-order valence-electron chi connectivity index (χ3n) is 3.74. The van der Waals surface area contributed by atoms with E-state index in [1.807, 2.05) is 23.2 Å². The highest BCUT2D eigenvalue weighted by Crippen LogP contribution is 2.27. The van der Waals surface area contributed by atoms with E-state index in [0.29, 0.717) is 25.0 Å². The molecule has 0 bridgehead atoms. The summed E-state index contributed by atoms with van der Waals surface area (Å²) in [6.07, 6.45) is 0.250. The van der Waals surface area contributed by atoms with Crippen molar-refractivity contribution in [2.75, 3.05) is 6.54 Å². The predicted molar refractivity (Wildman–Crippen MR) is 73.3 cm³/mol. The number of amides is 1. The molecule has 0 saturated carbocycles. The second-order valence-corrected chi connectivity index (χ2v) is 5.31. The van der Waals surface area contributed by atoms with E-state index in [4.69, 9.17) is 9.90 Å². The maximum absolute atomic E-state index is 11.9. The van der Waals surface area contributed by atoms with Crippen molar-refractivity contribution >= 4 is 11.9 Å². The number of carbonyl (C=O) groups is 2. The van der Waals surface area contributed by atoms with Gasteiger partial charge >= 0.3 is 12.1 Å². The lowest BCUT2D eigenvalue weighted by Crippen LogP contribution is -2.35. The fourth-order valence-electron chi connectivity index (χ4n) is 2.72. The van der Waals surface area contributed by atoms with Crippen LogP contribution in [0.15, 0.2) is 24.5 Å². The molecule has 2 aliphatic heterocycles. The number of carboxylic acid groups (broad SMARTS) is 1. The molecule has 1 aromatic heterocycles. The number of aliphatic carboxylic acids is 1. The minimum atomic E-state index is -5.08. The Morgan fingerprint density at radius 1 is 1.48 bits per heavy atom. The van der Waals surface area contributed by atoms with Crippen LogP contribution in [-0.4, -0.2) is 51.7 Å². The summed E-state index contributed by atoms with van der Waals surface area (Å²) < 4.78 is 31.7. The molecule has 3 rings (SSSR count). The van der Waals surface area contributed by atoms with Crippen LogP contribution in [-0.2, 0) is 16.1 Å². The van der Waals surface area contributed by atoms with E-state index in [1.165, 1.54) is 0 Å². The van der Waals surface area contributed by atoms with Gasteiger partial charge in [-0.05, 0) is 24.6 Å². The molecule has 126 valence electrons. The van der Waals surface area contributed by atoms with Crippen LogP contribution in [0, 0.1) is 0 Å². The zero-order valence-electron chi connectivity index (χ0n) is 12.1. The second kappa shape index (κ2) is 6.95. The van der Waals surface area contributed by atoms with Gasteiger partial charge in [0.15, 0.2) is 0 Å². The van der Waals surface area contributed by atoms with Gasteiger partial charge in [0.1, 0.15) is 0 Å². The van der Waals surface area contributed by atoms with Crippen LogP contribution in [0.5, 0.6) is 0 Å². The number of hydrogen-bond acceptors (Lipinski definition) is 4. The molecule has 0 aromatic carbocycles. The van der Waals surface area contributed by atoms with Gasteiger partial charge in [-0.2, -0.15) is 13.2 Å². The first-order valence-corrected chi connectivity index (χ1v) is 7.01. The van der Waals surface area contributed by atoms with Gasteiger partial charge in [0.05, 0.1) is 0 Å². The molecule has 6 nitrogen and oxygen atoms in total. The quantitative estimate of drug-likeness (QED) is 0.850. The standard InChI is InChI=1S/C12H15N3O.C2HF3O2/c16-12-6-10-11(3-5-14-10)15(12)8-9-2-1-4-13-7-9;3-2(4,5)1(6)7/h1-2,4,7,10-11,14H,3,5-6,8H2;(H,6,7)/t10-,11+;/m1./s1. The zero-order chi connectivity index (χ0) is 17.0. The van der Waals surface area contributed by atoms with Crippen molar-refractivity contribution in [1.29, 1.82) is 0 Å². The summed E-state index contributed by atoms with van der Waals surface area (Å²) in [6.45, 7) is 1.74. The average molecular weight is 331 g/mol. The first-order valence-electron chi connectivity index (χ1n) is 7.01. The lowest BCUT2D eigenvalue weighted by Gasteiger charge is -2.23. The first-order chi connectivity index (χ1) is 10.8. The molecule has 0 spiro atoms. The fourth-order valence-corrected chi connectivity index (χ4v) is 2.72. The molecule has 0 radical (unpaired) electrons. The van der Waals surface area contributed by atoms with Crippen molar-refractivity contribution < 1.29 is 27.9 Å². The summed E-state index contributed by atoms with van der Waals surface area (Å²) in [5, 5.41) is 10.5. The third kappa shape index (κ3) is 4.41. The average Bonchev–Trinajstić information content (AvgIpc) is 3.03. The van der Waals surface area contributed by atoms with Crippen LogP contribution in [0.1, 0.15) is 18.4 Å². The molecule has 9 heteroatoms. The van der Waals surface area contributed by atoms with E-state index in [9.17, 15) is 18.0 Å². The summed E-state index contributed by atoms with van der Waals surface area (Å²) in [4.78, 5) is 26.8. The van der Waals surface area contributed by atoms with Gasteiger partial charge in [-0.1, -0.05) is 6.07 Å². The van der Waals surface area contributed by atoms with Crippen LogP contribution in [0.25, 0.3) is 0 Å². The van der Waals surface area contributed by atoms with Crippen LogP contribution < -0.4 is 5.32 Å². The van der Waals surface area contributed by atoms with Crippen molar-refractivity contribution in [3.63, 3.8) is 0 Å². The van der Waals surface area contributed by atoms with Crippen LogP contribution >= 0.6 is 0 Å². The van der Waals surface area contributed by atoms with E-state index in [1.54, 1.807) is 6.20 Å². The number of hydrogen-bond donors (Lipinski definition) is 2. The number of nitrogens with zero attached hydrogens (tertiary/aromatic N) is 2. The summed E-state index contributed by atoms with van der Waals surface area (Å²) in [6, 6.07) is 4.72. The van der Waals surface area contributed by atoms with Crippen LogP contribution in [0.2, 0.25) is 0 Å². The summed E-state index contributed by atoms with van der Waals surface area (Å²) in [5.74, 6) is -2.49. The molecule has 0 aliphatic carbocycles. The number of alkyl halides is 3. The molecule has 3 heterocycles. The zero-order valence-corrected chi connectivity index (χ0v) is 12.1. The van der Waals surface area contributed by atoms with Crippen molar-refractivity contribution in [2.45, 2.75) is 37.6 Å². The summed E-state index contributed by atoms with van der Waals surface area (Å²) in [7, 11) is 0. The molecule has 23 heavy (non-hydrogen) atoms. The Morgan fingerprint density at radius 2 is 2.17 bits per heavy atom. The third-order valence-corrected chi connectivity index (χ3v) is 3.74. The van der Waals surface area contributed by atoms with E-state index in [-0.39, 0.29) is 5.91 Å². The van der Waals surface area contributed by atoms with Gasteiger partial charge in [0, 0.05) is 37.4 Å². The monoisotopic (exact) mass is 331 g/mol. The predicted octanol–water partition coefficient (Wildman–Crippen LogP) is 1.18. The Balaban J connectivity index is 0.000000236. The number of fused-ring (bicyclic) bond motifs is 1. The van der Waals surface area contributed by atoms with E-state index < -0.39 is 12.1 Å². The van der Waals surface area contributed by atoms with E-state index in [2.05, 4.69) is 10.3 Å². The fraction of sp³-hybridized carbons (Fsp3) is 0.500. The highest BCUT2D eigenvalue weighted by molar-refractivity contribution is 5.80. The normalized spacial score (nSPS) is 23.3. The number of rotatable bonds is 2. The maximum Gasteiger partial charge on any atom is 0.490 e. The molecule has 0 unspecified atom stereocenters. The molecule has 2 aliphatic rings. The van der Waals surface area contributed by atoms with Crippen molar-refractivity contribution in [2.24, 2.45) is 0 Å². The van der Waals surface area contributed by atoms with E-state index >= 15 is 0 Å². The minimum absolute atomic E-state index is 0.269. The number of pyridine rings is 1. The van der Waals surface area contributed by atoms with Crippen LogP contribution in [0.4, 0.5) is 13.2 Å². The van der Waals surface area contributed by atoms with Crippen molar-refractivity contribution in [1.82, 2.24) is 15.2 Å². The number of halogens is 3. The molecule has 2 fully saturated rings. The minimum Gasteiger partial charge on any atom is -0.475 e. The van der Waals surface area contributed by atoms with E-state index in [0.717, 1.165) is 18.5 Å². The molecular formula is C14H16F3N3O3. The van der Waals surface area contributed by atoms with Gasteiger partial charge in [-0.3, -0.25) is 9.78 Å². The Bertz CT molecular complexity index is 565. The Morgan fingerprint density at radius 3 is 2.74 bits per heavy atom. The van der Waals surface area contributed by atoms with Crippen LogP contribution in [0.3, 0.4) is 0 Å². The van der Waals surface area contributed by atoms with Gasteiger partial charge in [0.2, 0.25) is 5.91 Å². The second-order valence-electron chi connectivity index (χ2n) is 5.31.